The molecule has 0 fully saturated rings. The second-order valence-electron chi connectivity index (χ2n) is 7.73. The minimum Gasteiger partial charge on any atom is -0.428 e. The maximum absolute atomic E-state index is 14.8. The van der Waals surface area contributed by atoms with Gasteiger partial charge in [0.2, 0.25) is 0 Å². The summed E-state index contributed by atoms with van der Waals surface area (Å²) in [4.78, 5) is 32.6. The van der Waals surface area contributed by atoms with Gasteiger partial charge in [-0.1, -0.05) is 31.9 Å². The van der Waals surface area contributed by atoms with Gasteiger partial charge in [-0.15, -0.1) is 0 Å². The predicted molar refractivity (Wildman–Crippen MR) is 117 cm³/mol. The molecule has 1 heterocycles. The number of benzene rings is 2. The van der Waals surface area contributed by atoms with Crippen molar-refractivity contribution in [2.24, 2.45) is 0 Å². The Bertz CT molecular complexity index is 1150. The van der Waals surface area contributed by atoms with Crippen LogP contribution in [0.4, 0.5) is 13.6 Å². The van der Waals surface area contributed by atoms with Gasteiger partial charge in [-0.05, 0) is 51.1 Å². The summed E-state index contributed by atoms with van der Waals surface area (Å²) < 4.78 is 38.8. The van der Waals surface area contributed by atoms with E-state index in [0.29, 0.717) is 5.52 Å². The fraction of sp³-hybridized carbons (Fsp3) is 0.304. The van der Waals surface area contributed by atoms with Crippen molar-refractivity contribution in [2.45, 2.75) is 46.6 Å². The molecule has 1 aromatic heterocycles. The first-order chi connectivity index (χ1) is 15.0. The molecule has 9 heteroatoms. The van der Waals surface area contributed by atoms with Gasteiger partial charge in [-0.25, -0.2) is 18.6 Å². The lowest BCUT2D eigenvalue weighted by Crippen LogP contribution is -2.26. The number of rotatable bonds is 3. The highest BCUT2D eigenvalue weighted by Gasteiger charge is 2.26. The molecule has 0 atom stereocenters. The Morgan fingerprint density at radius 1 is 1.06 bits per heavy atom. The summed E-state index contributed by atoms with van der Waals surface area (Å²) in [6.45, 7) is 9.04. The second-order valence-corrected chi connectivity index (χ2v) is 8.12. The molecule has 170 valence electrons. The first-order valence-corrected chi connectivity index (χ1v) is 10.2. The molecule has 0 aliphatic carbocycles. The van der Waals surface area contributed by atoms with Crippen LogP contribution in [0.15, 0.2) is 36.5 Å². The summed E-state index contributed by atoms with van der Waals surface area (Å²) in [6.07, 6.45) is 1.40. The van der Waals surface area contributed by atoms with Crippen molar-refractivity contribution in [2.75, 3.05) is 0 Å². The van der Waals surface area contributed by atoms with Gasteiger partial charge in [0, 0.05) is 5.56 Å². The molecule has 0 aliphatic heterocycles. The highest BCUT2D eigenvalue weighted by Crippen LogP contribution is 2.27. The second kappa shape index (κ2) is 10.5. The lowest BCUT2D eigenvalue weighted by Gasteiger charge is -2.19. The quantitative estimate of drug-likeness (QED) is 0.249. The molecule has 0 aliphatic rings. The van der Waals surface area contributed by atoms with Crippen LogP contribution in [0.1, 0.15) is 57.0 Å². The van der Waals surface area contributed by atoms with Crippen LogP contribution in [0, 0.1) is 11.6 Å². The number of hydrogen-bond acceptors (Lipinski definition) is 6. The molecule has 0 N–H and O–H groups in total. The van der Waals surface area contributed by atoms with Crippen molar-refractivity contribution < 1.29 is 27.8 Å². The Hall–Kier alpha value is -3.13. The molecule has 0 saturated heterocycles. The highest BCUT2D eigenvalue weighted by atomic mass is 35.5. The summed E-state index contributed by atoms with van der Waals surface area (Å²) in [5.41, 5.74) is -1.06. The average Bonchev–Trinajstić information content (AvgIpc) is 2.69. The zero-order valence-corrected chi connectivity index (χ0v) is 19.1. The Labute approximate surface area is 189 Å². The van der Waals surface area contributed by atoms with Crippen molar-refractivity contribution in [3.63, 3.8) is 0 Å². The molecule has 3 rings (SSSR count). The molecular formula is C23H23ClF2N2O4. The third-order valence-electron chi connectivity index (χ3n) is 3.64. The van der Waals surface area contributed by atoms with E-state index in [4.69, 9.17) is 21.1 Å². The van der Waals surface area contributed by atoms with Gasteiger partial charge in [0.1, 0.15) is 16.6 Å². The smallest absolute Gasteiger partial charge is 0.428 e. The van der Waals surface area contributed by atoms with Crippen LogP contribution in [0.5, 0.6) is 5.75 Å². The van der Waals surface area contributed by atoms with Gasteiger partial charge >= 0.3 is 6.16 Å². The molecule has 0 unspecified atom stereocenters. The zero-order chi connectivity index (χ0) is 24.1. The van der Waals surface area contributed by atoms with E-state index in [1.165, 1.54) is 30.8 Å². The average molecular weight is 465 g/mol. The number of aromatic nitrogens is 2. The number of fused-ring (bicyclic) bond motifs is 1. The SMILES string of the molecule is CC(C)(C)OC(=O)Oc1ccc(F)c(C(=O)c2ccc3ncc(Cl)nc3c2)c1F.CCC. The number of ketones is 1. The van der Waals surface area contributed by atoms with E-state index in [-0.39, 0.29) is 16.2 Å². The van der Waals surface area contributed by atoms with E-state index in [9.17, 15) is 18.4 Å². The number of carbonyl (C=O) groups excluding carboxylic acids is 2. The first-order valence-electron chi connectivity index (χ1n) is 9.82. The third kappa shape index (κ3) is 6.43. The number of nitrogens with zero attached hydrogens (tertiary/aromatic N) is 2. The van der Waals surface area contributed by atoms with E-state index in [2.05, 4.69) is 23.8 Å². The lowest BCUT2D eigenvalue weighted by molar-refractivity contribution is 0.0197. The molecule has 0 amide bonds. The molecule has 0 saturated carbocycles. The monoisotopic (exact) mass is 464 g/mol. The number of ether oxygens (including phenoxy) is 2. The van der Waals surface area contributed by atoms with Crippen molar-refractivity contribution >= 4 is 34.6 Å². The lowest BCUT2D eigenvalue weighted by atomic mass is 10.0. The Kier molecular flexibility index (Phi) is 8.21. The molecule has 6 nitrogen and oxygen atoms in total. The van der Waals surface area contributed by atoms with E-state index < -0.39 is 40.5 Å². The number of halogens is 3. The summed E-state index contributed by atoms with van der Waals surface area (Å²) in [5, 5.41) is 0.104. The zero-order valence-electron chi connectivity index (χ0n) is 18.3. The maximum atomic E-state index is 14.8. The molecule has 3 aromatic rings. The van der Waals surface area contributed by atoms with Crippen LogP contribution in [-0.2, 0) is 4.74 Å². The van der Waals surface area contributed by atoms with Gasteiger partial charge < -0.3 is 9.47 Å². The standard InChI is InChI=1S/C20H15ClF2N2O4.C3H8/c1-20(2,3)29-19(27)28-14-7-5-11(22)16(17(14)23)18(26)10-4-6-12-13(8-10)25-15(21)9-24-12;1-3-2/h4-9H,1-3H3;3H2,1-2H3. The van der Waals surface area contributed by atoms with E-state index in [1.54, 1.807) is 20.8 Å². The number of hydrogen-bond donors (Lipinski definition) is 0. The van der Waals surface area contributed by atoms with Crippen LogP contribution in [-0.4, -0.2) is 27.5 Å². The maximum Gasteiger partial charge on any atom is 0.514 e. The van der Waals surface area contributed by atoms with Gasteiger partial charge in [0.25, 0.3) is 0 Å². The Morgan fingerprint density at radius 3 is 2.34 bits per heavy atom. The van der Waals surface area contributed by atoms with E-state index >= 15 is 0 Å². The first kappa shape index (κ1) is 25.1. The summed E-state index contributed by atoms with van der Waals surface area (Å²) in [7, 11) is 0. The Balaban J connectivity index is 0.00000114. The van der Waals surface area contributed by atoms with Crippen LogP contribution in [0.2, 0.25) is 5.15 Å². The topological polar surface area (TPSA) is 78.4 Å². The predicted octanol–water partition coefficient (Wildman–Crippen LogP) is 6.52. The minimum atomic E-state index is -1.32. The largest absolute Gasteiger partial charge is 0.514 e. The Morgan fingerprint density at radius 2 is 1.72 bits per heavy atom. The fourth-order valence-corrected chi connectivity index (χ4v) is 2.60. The fourth-order valence-electron chi connectivity index (χ4n) is 2.46. The van der Waals surface area contributed by atoms with Crippen LogP contribution < -0.4 is 4.74 Å². The number of carbonyl (C=O) groups is 2. The third-order valence-corrected chi connectivity index (χ3v) is 3.82. The van der Waals surface area contributed by atoms with Crippen molar-refractivity contribution in [3.05, 3.63) is 64.4 Å². The molecule has 0 spiro atoms. The molecule has 32 heavy (non-hydrogen) atoms. The molecule has 0 radical (unpaired) electrons. The molecule has 2 aromatic carbocycles. The van der Waals surface area contributed by atoms with E-state index in [0.717, 1.165) is 12.1 Å². The summed E-state index contributed by atoms with van der Waals surface area (Å²) in [5.74, 6) is -4.02. The van der Waals surface area contributed by atoms with Crippen LogP contribution >= 0.6 is 11.6 Å². The van der Waals surface area contributed by atoms with Crippen molar-refractivity contribution in [3.8, 4) is 5.75 Å². The molecular weight excluding hydrogens is 442 g/mol. The van der Waals surface area contributed by atoms with Crippen molar-refractivity contribution in [1.82, 2.24) is 9.97 Å². The van der Waals surface area contributed by atoms with Crippen LogP contribution in [0.3, 0.4) is 0 Å². The van der Waals surface area contributed by atoms with E-state index in [1.807, 2.05) is 0 Å². The van der Waals surface area contributed by atoms with Crippen molar-refractivity contribution in [1.29, 1.82) is 0 Å². The van der Waals surface area contributed by atoms with Gasteiger partial charge in [0.05, 0.1) is 22.8 Å². The minimum absolute atomic E-state index is 0.0405. The summed E-state index contributed by atoms with van der Waals surface area (Å²) >= 11 is 5.79. The van der Waals surface area contributed by atoms with Gasteiger partial charge in [-0.2, -0.15) is 0 Å². The normalized spacial score (nSPS) is 10.9. The van der Waals surface area contributed by atoms with Gasteiger partial charge in [-0.3, -0.25) is 9.78 Å². The highest BCUT2D eigenvalue weighted by molar-refractivity contribution is 6.29. The van der Waals surface area contributed by atoms with Crippen LogP contribution in [0.25, 0.3) is 11.0 Å². The van der Waals surface area contributed by atoms with Gasteiger partial charge in [0.15, 0.2) is 17.3 Å². The summed E-state index contributed by atoms with van der Waals surface area (Å²) in [6, 6.07) is 5.87. The molecule has 0 bridgehead atoms.